The van der Waals surface area contributed by atoms with E-state index in [4.69, 9.17) is 4.74 Å². The van der Waals surface area contributed by atoms with Crippen LogP contribution in [0.3, 0.4) is 0 Å². The molecule has 1 saturated carbocycles. The summed E-state index contributed by atoms with van der Waals surface area (Å²) in [5.74, 6) is 0.00160. The maximum absolute atomic E-state index is 13.0. The van der Waals surface area contributed by atoms with Crippen LogP contribution in [0.25, 0.3) is 10.9 Å². The van der Waals surface area contributed by atoms with E-state index < -0.39 is 6.04 Å². The summed E-state index contributed by atoms with van der Waals surface area (Å²) < 4.78 is 4.96. The number of rotatable bonds is 2. The van der Waals surface area contributed by atoms with E-state index in [1.165, 1.54) is 7.11 Å². The Labute approximate surface area is 140 Å². The SMILES string of the molecule is COC(=O)[C@@H]1[C@@H]2[C@H](CN1C(=O)c1ccc3ccccc3n1)C2(C)C. The van der Waals surface area contributed by atoms with Crippen LogP contribution in [-0.4, -0.2) is 41.5 Å². The lowest BCUT2D eigenvalue weighted by atomic mass is 10.0. The summed E-state index contributed by atoms with van der Waals surface area (Å²) in [6.07, 6.45) is 0. The van der Waals surface area contributed by atoms with Gasteiger partial charge in [0.15, 0.2) is 0 Å². The third kappa shape index (κ3) is 2.04. The van der Waals surface area contributed by atoms with Gasteiger partial charge in [-0.2, -0.15) is 0 Å². The molecule has 0 unspecified atom stereocenters. The first-order valence-corrected chi connectivity index (χ1v) is 8.19. The van der Waals surface area contributed by atoms with Crippen LogP contribution in [-0.2, 0) is 9.53 Å². The zero-order valence-corrected chi connectivity index (χ0v) is 14.0. The summed E-state index contributed by atoms with van der Waals surface area (Å²) in [6.45, 7) is 4.88. The predicted octanol–water partition coefficient (Wildman–Crippen LogP) is 2.50. The van der Waals surface area contributed by atoms with Gasteiger partial charge in [-0.1, -0.05) is 38.1 Å². The number of para-hydroxylation sites is 1. The number of pyridine rings is 1. The number of hydrogen-bond acceptors (Lipinski definition) is 4. The minimum atomic E-state index is -0.504. The van der Waals surface area contributed by atoms with E-state index in [2.05, 4.69) is 18.8 Å². The van der Waals surface area contributed by atoms with E-state index in [1.807, 2.05) is 30.3 Å². The number of nitrogens with zero attached hydrogens (tertiary/aromatic N) is 2. The Morgan fingerprint density at radius 2 is 1.96 bits per heavy atom. The predicted molar refractivity (Wildman–Crippen MR) is 89.3 cm³/mol. The van der Waals surface area contributed by atoms with Crippen molar-refractivity contribution in [3.8, 4) is 0 Å². The van der Waals surface area contributed by atoms with Gasteiger partial charge < -0.3 is 9.64 Å². The molecule has 3 atom stereocenters. The molecule has 0 N–H and O–H groups in total. The highest BCUT2D eigenvalue weighted by molar-refractivity contribution is 5.98. The number of fused-ring (bicyclic) bond motifs is 2. The average Bonchev–Trinajstić information content (AvgIpc) is 2.96. The van der Waals surface area contributed by atoms with Crippen LogP contribution in [0.5, 0.6) is 0 Å². The van der Waals surface area contributed by atoms with Crippen molar-refractivity contribution < 1.29 is 14.3 Å². The molecule has 1 aromatic carbocycles. The van der Waals surface area contributed by atoms with Crippen LogP contribution in [0, 0.1) is 17.3 Å². The van der Waals surface area contributed by atoms with E-state index in [-0.39, 0.29) is 23.2 Å². The molecular formula is C19H20N2O3. The lowest BCUT2D eigenvalue weighted by molar-refractivity contribution is -0.146. The van der Waals surface area contributed by atoms with E-state index in [0.29, 0.717) is 18.2 Å². The van der Waals surface area contributed by atoms with Gasteiger partial charge in [0.1, 0.15) is 11.7 Å². The summed E-state index contributed by atoms with van der Waals surface area (Å²) in [4.78, 5) is 31.3. The Hall–Kier alpha value is -2.43. The fourth-order valence-electron chi connectivity index (χ4n) is 4.22. The number of hydrogen-bond donors (Lipinski definition) is 0. The summed E-state index contributed by atoms with van der Waals surface area (Å²) in [5.41, 5.74) is 1.25. The molecule has 0 spiro atoms. The smallest absolute Gasteiger partial charge is 0.328 e. The Morgan fingerprint density at radius 1 is 1.21 bits per heavy atom. The zero-order chi connectivity index (χ0) is 17.1. The molecule has 0 radical (unpaired) electrons. The Bertz CT molecular complexity index is 845. The first-order chi connectivity index (χ1) is 11.4. The van der Waals surface area contributed by atoms with Crippen LogP contribution in [0.2, 0.25) is 0 Å². The van der Waals surface area contributed by atoms with Gasteiger partial charge in [0.05, 0.1) is 12.6 Å². The summed E-state index contributed by atoms with van der Waals surface area (Å²) in [5, 5.41) is 0.990. The molecule has 1 saturated heterocycles. The molecular weight excluding hydrogens is 304 g/mol. The first kappa shape index (κ1) is 15.1. The molecule has 1 aliphatic heterocycles. The van der Waals surface area contributed by atoms with Gasteiger partial charge in [-0.15, -0.1) is 0 Å². The van der Waals surface area contributed by atoms with Gasteiger partial charge in [-0.05, 0) is 23.5 Å². The Kier molecular flexibility index (Phi) is 3.17. The molecule has 5 heteroatoms. The van der Waals surface area contributed by atoms with Gasteiger partial charge >= 0.3 is 5.97 Å². The van der Waals surface area contributed by atoms with E-state index >= 15 is 0 Å². The number of aromatic nitrogens is 1. The largest absolute Gasteiger partial charge is 0.467 e. The lowest BCUT2D eigenvalue weighted by Gasteiger charge is -2.28. The molecule has 1 amide bonds. The molecule has 2 fully saturated rings. The number of amides is 1. The second-order valence-electron chi connectivity index (χ2n) is 7.27. The Balaban J connectivity index is 1.67. The first-order valence-electron chi connectivity index (χ1n) is 8.19. The normalized spacial score (nSPS) is 27.0. The number of esters is 1. The fourth-order valence-corrected chi connectivity index (χ4v) is 4.22. The third-order valence-corrected chi connectivity index (χ3v) is 5.73. The van der Waals surface area contributed by atoms with Crippen LogP contribution in [0.15, 0.2) is 36.4 Å². The standard InChI is InChI=1S/C19H20N2O3/c1-19(2)12-10-21(16(15(12)19)18(23)24-3)17(22)14-9-8-11-6-4-5-7-13(11)20-14/h4-9,12,15-16H,10H2,1-3H3/t12-,15-,16-/m0/s1. The van der Waals surface area contributed by atoms with Crippen molar-refractivity contribution in [3.05, 3.63) is 42.1 Å². The minimum absolute atomic E-state index is 0.0897. The quantitative estimate of drug-likeness (QED) is 0.797. The van der Waals surface area contributed by atoms with Gasteiger partial charge in [0.2, 0.25) is 0 Å². The number of likely N-dealkylation sites (tertiary alicyclic amines) is 1. The molecule has 4 rings (SSSR count). The van der Waals surface area contributed by atoms with Crippen molar-refractivity contribution in [3.63, 3.8) is 0 Å². The number of benzene rings is 1. The van der Waals surface area contributed by atoms with Crippen molar-refractivity contribution >= 4 is 22.8 Å². The maximum atomic E-state index is 13.0. The molecule has 2 aromatic rings. The van der Waals surface area contributed by atoms with Crippen LogP contribution in [0.1, 0.15) is 24.3 Å². The van der Waals surface area contributed by atoms with Crippen LogP contribution in [0.4, 0.5) is 0 Å². The average molecular weight is 324 g/mol. The zero-order valence-electron chi connectivity index (χ0n) is 14.0. The summed E-state index contributed by atoms with van der Waals surface area (Å²) >= 11 is 0. The van der Waals surface area contributed by atoms with Crippen molar-refractivity contribution in [2.75, 3.05) is 13.7 Å². The number of carbonyl (C=O) groups is 2. The highest BCUT2D eigenvalue weighted by Gasteiger charge is 2.69. The molecule has 2 aliphatic rings. The van der Waals surface area contributed by atoms with E-state index in [9.17, 15) is 9.59 Å². The van der Waals surface area contributed by atoms with Crippen molar-refractivity contribution in [2.45, 2.75) is 19.9 Å². The molecule has 1 aliphatic carbocycles. The molecule has 5 nitrogen and oxygen atoms in total. The lowest BCUT2D eigenvalue weighted by Crippen LogP contribution is -2.46. The monoisotopic (exact) mass is 324 g/mol. The minimum Gasteiger partial charge on any atom is -0.467 e. The molecule has 1 aromatic heterocycles. The third-order valence-electron chi connectivity index (χ3n) is 5.73. The number of carbonyl (C=O) groups excluding carboxylic acids is 2. The van der Waals surface area contributed by atoms with Gasteiger partial charge in [-0.25, -0.2) is 9.78 Å². The topological polar surface area (TPSA) is 59.5 Å². The highest BCUT2D eigenvalue weighted by Crippen LogP contribution is 2.65. The summed E-state index contributed by atoms with van der Waals surface area (Å²) in [6, 6.07) is 10.8. The number of ether oxygens (including phenoxy) is 1. The Morgan fingerprint density at radius 3 is 2.71 bits per heavy atom. The van der Waals surface area contributed by atoms with E-state index in [0.717, 1.165) is 10.9 Å². The second-order valence-corrected chi connectivity index (χ2v) is 7.27. The summed E-state index contributed by atoms with van der Waals surface area (Å²) in [7, 11) is 1.38. The molecule has 0 bridgehead atoms. The highest BCUT2D eigenvalue weighted by atomic mass is 16.5. The van der Waals surface area contributed by atoms with Crippen molar-refractivity contribution in [2.24, 2.45) is 17.3 Å². The van der Waals surface area contributed by atoms with Gasteiger partial charge in [0.25, 0.3) is 5.91 Å². The van der Waals surface area contributed by atoms with Crippen molar-refractivity contribution in [1.29, 1.82) is 0 Å². The van der Waals surface area contributed by atoms with Crippen LogP contribution < -0.4 is 0 Å². The van der Waals surface area contributed by atoms with Gasteiger partial charge in [-0.3, -0.25) is 4.79 Å². The van der Waals surface area contributed by atoms with Crippen molar-refractivity contribution in [1.82, 2.24) is 9.88 Å². The second kappa shape index (κ2) is 5.03. The fraction of sp³-hybridized carbons (Fsp3) is 0.421. The number of methoxy groups -OCH3 is 1. The maximum Gasteiger partial charge on any atom is 0.328 e. The van der Waals surface area contributed by atoms with E-state index in [1.54, 1.807) is 11.0 Å². The molecule has 124 valence electrons. The molecule has 2 heterocycles. The van der Waals surface area contributed by atoms with Gasteiger partial charge in [0, 0.05) is 17.8 Å². The van der Waals surface area contributed by atoms with Crippen LogP contribution >= 0.6 is 0 Å². The molecule has 24 heavy (non-hydrogen) atoms. The number of piperidine rings is 1.